The molecule has 0 nitrogen and oxygen atoms in total. The van der Waals surface area contributed by atoms with Gasteiger partial charge >= 0.3 is 0 Å². The molecule has 2 aromatic carbocycles. The molecule has 0 saturated carbocycles. The van der Waals surface area contributed by atoms with Gasteiger partial charge in [0, 0.05) is 0 Å². The molecule has 0 atom stereocenters. The van der Waals surface area contributed by atoms with Crippen molar-refractivity contribution >= 4 is 17.2 Å². The van der Waals surface area contributed by atoms with Gasteiger partial charge in [-0.05, 0) is 74.9 Å². The summed E-state index contributed by atoms with van der Waals surface area (Å²) in [5, 5.41) is 5.20. The van der Waals surface area contributed by atoms with Gasteiger partial charge in [-0.1, -0.05) is 74.9 Å². The van der Waals surface area contributed by atoms with Crippen LogP contribution in [0.15, 0.2) is 54.1 Å². The third kappa shape index (κ3) is 2.61. The van der Waals surface area contributed by atoms with Crippen LogP contribution in [0.4, 0.5) is 0 Å². The Hall–Kier alpha value is -2.34. The highest BCUT2D eigenvalue weighted by Gasteiger charge is 2.22. The van der Waals surface area contributed by atoms with Gasteiger partial charge in [0.2, 0.25) is 0 Å². The molecule has 2 aliphatic carbocycles. The van der Waals surface area contributed by atoms with Gasteiger partial charge in [-0.3, -0.25) is 0 Å². The van der Waals surface area contributed by atoms with E-state index in [4.69, 9.17) is 0 Å². The van der Waals surface area contributed by atoms with E-state index in [1.165, 1.54) is 48.7 Å². The molecular weight excluding hydrogens is 300 g/mol. The van der Waals surface area contributed by atoms with Crippen molar-refractivity contribution in [3.8, 4) is 0 Å². The molecule has 0 amide bonds. The number of hydrogen-bond donors (Lipinski definition) is 0. The highest BCUT2D eigenvalue weighted by atomic mass is 14.3. The zero-order valence-electron chi connectivity index (χ0n) is 15.8. The summed E-state index contributed by atoms with van der Waals surface area (Å²) in [4.78, 5) is 0. The lowest BCUT2D eigenvalue weighted by Crippen LogP contribution is -2.13. The summed E-state index contributed by atoms with van der Waals surface area (Å²) in [7, 11) is 0. The predicted molar refractivity (Wildman–Crippen MR) is 107 cm³/mol. The number of hydrogen-bond acceptors (Lipinski definition) is 0. The standard InChI is InChI=1S/C25H25/c1-16(2)20-12-13-22-21-9-7-6-8-17(21)15-23(22)24(20)18-10-11-19(14-18)25(3,4)5/h6-9,11-14H,10H2,1-5H3. The molecule has 0 N–H and O–H groups in total. The normalized spacial score (nSPS) is 15.2. The lowest BCUT2D eigenvalue weighted by Gasteiger charge is -2.18. The number of benzene rings is 2. The maximum Gasteiger partial charge on any atom is -0.000731 e. The van der Waals surface area contributed by atoms with Crippen molar-refractivity contribution in [1.82, 2.24) is 0 Å². The predicted octanol–water partition coefficient (Wildman–Crippen LogP) is 4.94. The molecule has 125 valence electrons. The maximum atomic E-state index is 3.70. The average Bonchev–Trinajstić information content (AvgIpc) is 3.18. The quantitative estimate of drug-likeness (QED) is 0.594. The first-order valence-electron chi connectivity index (χ1n) is 9.12. The van der Waals surface area contributed by atoms with Crippen LogP contribution in [0, 0.1) is 15.9 Å². The summed E-state index contributed by atoms with van der Waals surface area (Å²) in [6, 6.07) is 13.2. The Morgan fingerprint density at radius 1 is 0.960 bits per heavy atom. The Kier molecular flexibility index (Phi) is 3.61. The SMILES string of the molecule is CC(C)=c1ccc2c(c1C1=CC(C(C)(C)C)=CC1)[C]=c1ccccc1=2. The van der Waals surface area contributed by atoms with Crippen molar-refractivity contribution in [2.24, 2.45) is 5.41 Å². The van der Waals surface area contributed by atoms with E-state index in [2.05, 4.69) is 89.2 Å². The van der Waals surface area contributed by atoms with E-state index in [9.17, 15) is 0 Å². The lowest BCUT2D eigenvalue weighted by molar-refractivity contribution is 0.518. The van der Waals surface area contributed by atoms with Gasteiger partial charge < -0.3 is 0 Å². The van der Waals surface area contributed by atoms with Crippen molar-refractivity contribution in [3.63, 3.8) is 0 Å². The number of allylic oxidation sites excluding steroid dienone is 4. The van der Waals surface area contributed by atoms with E-state index >= 15 is 0 Å². The minimum atomic E-state index is 0.196. The molecule has 0 aliphatic heterocycles. The van der Waals surface area contributed by atoms with Gasteiger partial charge in [0.05, 0.1) is 0 Å². The second-order valence-electron chi connectivity index (χ2n) is 8.36. The molecule has 4 rings (SSSR count). The Labute approximate surface area is 150 Å². The summed E-state index contributed by atoms with van der Waals surface area (Å²) in [6.07, 6.45) is 9.51. The number of fused-ring (bicyclic) bond motifs is 2. The first-order chi connectivity index (χ1) is 11.9. The van der Waals surface area contributed by atoms with Crippen LogP contribution in [0.3, 0.4) is 0 Å². The van der Waals surface area contributed by atoms with Crippen LogP contribution < -0.4 is 10.4 Å². The Morgan fingerprint density at radius 2 is 1.72 bits per heavy atom. The fourth-order valence-electron chi connectivity index (χ4n) is 3.89. The summed E-state index contributed by atoms with van der Waals surface area (Å²) in [5.41, 5.74) is 7.08. The van der Waals surface area contributed by atoms with Crippen LogP contribution in [0.5, 0.6) is 0 Å². The summed E-state index contributed by atoms with van der Waals surface area (Å²) < 4.78 is 0. The van der Waals surface area contributed by atoms with E-state index in [0.29, 0.717) is 0 Å². The van der Waals surface area contributed by atoms with Crippen LogP contribution in [0.25, 0.3) is 17.2 Å². The third-order valence-corrected chi connectivity index (χ3v) is 5.28. The molecule has 0 bridgehead atoms. The third-order valence-electron chi connectivity index (χ3n) is 5.28. The van der Waals surface area contributed by atoms with Crippen molar-refractivity contribution in [2.75, 3.05) is 0 Å². The van der Waals surface area contributed by atoms with E-state index < -0.39 is 0 Å². The second-order valence-corrected chi connectivity index (χ2v) is 8.36. The Morgan fingerprint density at radius 3 is 2.40 bits per heavy atom. The largest absolute Gasteiger partial charge is 0.0763 e. The molecule has 1 radical (unpaired) electrons. The van der Waals surface area contributed by atoms with Gasteiger partial charge in [-0.2, -0.15) is 0 Å². The molecule has 0 heteroatoms. The van der Waals surface area contributed by atoms with Crippen molar-refractivity contribution in [3.05, 3.63) is 86.1 Å². The molecule has 0 saturated heterocycles. The van der Waals surface area contributed by atoms with E-state index in [1.807, 2.05) is 0 Å². The van der Waals surface area contributed by atoms with Crippen LogP contribution >= 0.6 is 0 Å². The van der Waals surface area contributed by atoms with Crippen LogP contribution in [-0.2, 0) is 0 Å². The first-order valence-corrected chi connectivity index (χ1v) is 9.12. The lowest BCUT2D eigenvalue weighted by atomic mass is 9.87. The van der Waals surface area contributed by atoms with Gasteiger partial charge in [-0.15, -0.1) is 0 Å². The van der Waals surface area contributed by atoms with Gasteiger partial charge in [0.15, 0.2) is 0 Å². The summed E-state index contributed by atoms with van der Waals surface area (Å²) in [6.45, 7) is 11.3. The minimum Gasteiger partial charge on any atom is -0.0763 e. The monoisotopic (exact) mass is 325 g/mol. The Balaban J connectivity index is 2.05. The highest BCUT2D eigenvalue weighted by Crippen LogP contribution is 2.37. The zero-order valence-corrected chi connectivity index (χ0v) is 15.8. The molecule has 0 spiro atoms. The fraction of sp³-hybridized carbons (Fsp3) is 0.280. The van der Waals surface area contributed by atoms with Crippen molar-refractivity contribution in [2.45, 2.75) is 41.0 Å². The van der Waals surface area contributed by atoms with Gasteiger partial charge in [0.25, 0.3) is 0 Å². The molecule has 0 fully saturated rings. The molecule has 2 aromatic rings. The molecule has 2 aliphatic rings. The molecule has 0 unspecified atom stereocenters. The zero-order chi connectivity index (χ0) is 17.8. The smallest absolute Gasteiger partial charge is 0.000731 e. The first kappa shape index (κ1) is 16.1. The van der Waals surface area contributed by atoms with Crippen LogP contribution in [0.2, 0.25) is 0 Å². The van der Waals surface area contributed by atoms with E-state index in [0.717, 1.165) is 6.42 Å². The topological polar surface area (TPSA) is 0 Å². The summed E-state index contributed by atoms with van der Waals surface area (Å²) in [5.74, 6) is 0. The van der Waals surface area contributed by atoms with E-state index in [1.54, 1.807) is 0 Å². The van der Waals surface area contributed by atoms with Gasteiger partial charge in [0.1, 0.15) is 0 Å². The molecule has 0 heterocycles. The molecular formula is C25H25. The summed E-state index contributed by atoms with van der Waals surface area (Å²) >= 11 is 0. The average molecular weight is 325 g/mol. The fourth-order valence-corrected chi connectivity index (χ4v) is 3.89. The van der Waals surface area contributed by atoms with Crippen molar-refractivity contribution in [1.29, 1.82) is 0 Å². The minimum absolute atomic E-state index is 0.196. The highest BCUT2D eigenvalue weighted by molar-refractivity contribution is 5.81. The van der Waals surface area contributed by atoms with Crippen molar-refractivity contribution < 1.29 is 0 Å². The molecule has 0 aromatic heterocycles. The van der Waals surface area contributed by atoms with Gasteiger partial charge in [-0.25, -0.2) is 0 Å². The maximum absolute atomic E-state index is 3.70. The Bertz CT molecular complexity index is 1140. The van der Waals surface area contributed by atoms with E-state index in [-0.39, 0.29) is 5.41 Å². The molecule has 25 heavy (non-hydrogen) atoms. The second kappa shape index (κ2) is 5.59. The number of rotatable bonds is 1. The van der Waals surface area contributed by atoms with Crippen LogP contribution in [0.1, 0.15) is 52.2 Å². The van der Waals surface area contributed by atoms with Crippen LogP contribution in [-0.4, -0.2) is 0 Å².